The molecule has 1 saturated heterocycles. The number of anilines is 1. The second-order valence-corrected chi connectivity index (χ2v) is 7.14. The molecule has 1 fully saturated rings. The van der Waals surface area contributed by atoms with Gasteiger partial charge in [0.1, 0.15) is 0 Å². The first-order valence-electron chi connectivity index (χ1n) is 8.71. The van der Waals surface area contributed by atoms with Crippen LogP contribution in [0, 0.1) is 0 Å². The van der Waals surface area contributed by atoms with Gasteiger partial charge in [-0.25, -0.2) is 4.37 Å². The van der Waals surface area contributed by atoms with Gasteiger partial charge >= 0.3 is 6.18 Å². The third-order valence-corrected chi connectivity index (χ3v) is 4.95. The Kier molecular flexibility index (Phi) is 6.30. The smallest absolute Gasteiger partial charge is 0.337 e. The summed E-state index contributed by atoms with van der Waals surface area (Å²) >= 11 is 1.18. The van der Waals surface area contributed by atoms with E-state index in [-0.39, 0.29) is 24.9 Å². The van der Waals surface area contributed by atoms with E-state index in [1.54, 1.807) is 34.5 Å². The molecule has 1 aromatic heterocycles. The van der Waals surface area contributed by atoms with Crippen molar-refractivity contribution in [2.24, 2.45) is 0 Å². The van der Waals surface area contributed by atoms with Crippen LogP contribution >= 0.6 is 11.5 Å². The zero-order valence-electron chi connectivity index (χ0n) is 14.9. The minimum Gasteiger partial charge on any atom is -0.337 e. The van der Waals surface area contributed by atoms with E-state index in [2.05, 4.69) is 9.69 Å². The number of nitrogens with zero attached hydrogens (tertiary/aromatic N) is 3. The summed E-state index contributed by atoms with van der Waals surface area (Å²) in [5.74, 6) is -0.515. The van der Waals surface area contributed by atoms with Gasteiger partial charge in [-0.1, -0.05) is 0 Å². The summed E-state index contributed by atoms with van der Waals surface area (Å²) in [6.07, 6.45) is -2.28. The first kappa shape index (κ1) is 20.3. The van der Waals surface area contributed by atoms with E-state index in [9.17, 15) is 22.8 Å². The molecule has 1 aliphatic rings. The van der Waals surface area contributed by atoms with E-state index in [1.165, 1.54) is 22.6 Å². The van der Waals surface area contributed by atoms with Crippen LogP contribution in [-0.2, 0) is 0 Å². The van der Waals surface area contributed by atoms with Crippen molar-refractivity contribution in [3.05, 3.63) is 47.0 Å². The summed E-state index contributed by atoms with van der Waals surface area (Å²) in [7, 11) is 0. The van der Waals surface area contributed by atoms with E-state index >= 15 is 0 Å². The highest BCUT2D eigenvalue weighted by atomic mass is 32.1. The number of hydrogen-bond donors (Lipinski definition) is 1. The van der Waals surface area contributed by atoms with Crippen molar-refractivity contribution >= 4 is 29.0 Å². The summed E-state index contributed by atoms with van der Waals surface area (Å²) < 4.78 is 41.5. The van der Waals surface area contributed by atoms with E-state index in [1.807, 2.05) is 0 Å². The van der Waals surface area contributed by atoms with Crippen molar-refractivity contribution in [3.63, 3.8) is 0 Å². The lowest BCUT2D eigenvalue weighted by molar-refractivity contribution is -0.145. The normalized spacial score (nSPS) is 15.9. The van der Waals surface area contributed by atoms with Crippen LogP contribution in [0.3, 0.4) is 0 Å². The van der Waals surface area contributed by atoms with E-state index in [0.717, 1.165) is 0 Å². The highest BCUT2D eigenvalue weighted by molar-refractivity contribution is 7.03. The van der Waals surface area contributed by atoms with Crippen LogP contribution in [0.2, 0.25) is 0 Å². The maximum absolute atomic E-state index is 12.7. The highest BCUT2D eigenvalue weighted by Crippen LogP contribution is 2.19. The van der Waals surface area contributed by atoms with Gasteiger partial charge in [-0.3, -0.25) is 14.5 Å². The molecule has 0 aliphatic carbocycles. The summed E-state index contributed by atoms with van der Waals surface area (Å²) in [6.45, 7) is 0.207. The molecule has 1 N–H and O–H groups in total. The van der Waals surface area contributed by atoms with Crippen molar-refractivity contribution < 1.29 is 22.8 Å². The predicted octanol–water partition coefficient (Wildman–Crippen LogP) is 3.11. The van der Waals surface area contributed by atoms with Gasteiger partial charge in [0.25, 0.3) is 11.8 Å². The molecule has 3 rings (SSSR count). The molecule has 2 aromatic rings. The van der Waals surface area contributed by atoms with E-state index < -0.39 is 12.7 Å². The molecule has 0 radical (unpaired) electrons. The Bertz CT molecular complexity index is 809. The van der Waals surface area contributed by atoms with Gasteiger partial charge in [0.2, 0.25) is 0 Å². The molecule has 0 spiro atoms. The average Bonchev–Trinajstić information content (AvgIpc) is 3.09. The number of benzene rings is 1. The molecule has 1 aliphatic heterocycles. The van der Waals surface area contributed by atoms with Crippen LogP contribution in [0.4, 0.5) is 18.9 Å². The van der Waals surface area contributed by atoms with Gasteiger partial charge in [-0.15, -0.1) is 0 Å². The third-order valence-electron chi connectivity index (χ3n) is 4.36. The Hall–Kier alpha value is -2.46. The third kappa shape index (κ3) is 5.52. The molecule has 2 heterocycles. The molecule has 0 bridgehead atoms. The molecule has 2 amide bonds. The van der Waals surface area contributed by atoms with Gasteiger partial charge < -0.3 is 10.2 Å². The predicted molar refractivity (Wildman–Crippen MR) is 99.5 cm³/mol. The first-order chi connectivity index (χ1) is 13.3. The number of hydrogen-bond acceptors (Lipinski definition) is 5. The van der Waals surface area contributed by atoms with Gasteiger partial charge in [0.15, 0.2) is 0 Å². The van der Waals surface area contributed by atoms with Crippen LogP contribution in [0.5, 0.6) is 0 Å². The molecule has 150 valence electrons. The van der Waals surface area contributed by atoms with Crippen molar-refractivity contribution in [1.82, 2.24) is 14.2 Å². The number of rotatable bonds is 4. The van der Waals surface area contributed by atoms with Crippen LogP contribution in [0.1, 0.15) is 27.1 Å². The number of carbonyl (C=O) groups is 2. The number of halogens is 3. The zero-order valence-corrected chi connectivity index (χ0v) is 15.7. The topological polar surface area (TPSA) is 65.5 Å². The Morgan fingerprint density at radius 1 is 1.07 bits per heavy atom. The number of aromatic nitrogens is 1. The monoisotopic (exact) mass is 412 g/mol. The van der Waals surface area contributed by atoms with Crippen molar-refractivity contribution in [1.29, 1.82) is 0 Å². The number of amides is 2. The standard InChI is InChI=1S/C18H19F3N4O2S/c19-18(20,21)12-24-6-1-7-25(9-8-24)17(27)13-2-4-15(5-3-13)23-16(26)14-10-22-28-11-14/h2-5,10-11H,1,6-9,12H2,(H,23,26). The Balaban J connectivity index is 1.57. The Morgan fingerprint density at radius 3 is 2.46 bits per heavy atom. The lowest BCUT2D eigenvalue weighted by Crippen LogP contribution is -2.38. The van der Waals surface area contributed by atoms with Crippen LogP contribution in [0.15, 0.2) is 35.8 Å². The molecule has 10 heteroatoms. The lowest BCUT2D eigenvalue weighted by Gasteiger charge is -2.23. The minimum atomic E-state index is -4.24. The molecule has 0 atom stereocenters. The SMILES string of the molecule is O=C(Nc1ccc(C(=O)N2CCCN(CC(F)(F)F)CC2)cc1)c1cnsc1. The van der Waals surface area contributed by atoms with Crippen LogP contribution in [0.25, 0.3) is 0 Å². The van der Waals surface area contributed by atoms with Crippen molar-refractivity contribution in [3.8, 4) is 0 Å². The summed E-state index contributed by atoms with van der Waals surface area (Å²) in [5.41, 5.74) is 1.43. The fourth-order valence-electron chi connectivity index (χ4n) is 2.98. The van der Waals surface area contributed by atoms with Gasteiger partial charge in [-0.05, 0) is 42.2 Å². The Labute approximate surface area is 164 Å². The maximum Gasteiger partial charge on any atom is 0.401 e. The fraction of sp³-hybridized carbons (Fsp3) is 0.389. The number of alkyl halides is 3. The lowest BCUT2D eigenvalue weighted by atomic mass is 10.1. The largest absolute Gasteiger partial charge is 0.401 e. The molecule has 6 nitrogen and oxygen atoms in total. The molecule has 1 aromatic carbocycles. The molecular formula is C18H19F3N4O2S. The quantitative estimate of drug-likeness (QED) is 0.838. The minimum absolute atomic E-state index is 0.189. The van der Waals surface area contributed by atoms with Gasteiger partial charge in [0.05, 0.1) is 18.3 Å². The Morgan fingerprint density at radius 2 is 1.82 bits per heavy atom. The van der Waals surface area contributed by atoms with E-state index in [4.69, 9.17) is 0 Å². The van der Waals surface area contributed by atoms with Gasteiger partial charge in [-0.2, -0.15) is 13.2 Å². The van der Waals surface area contributed by atoms with Crippen LogP contribution < -0.4 is 5.32 Å². The van der Waals surface area contributed by atoms with Gasteiger partial charge in [0, 0.05) is 42.8 Å². The molecular weight excluding hydrogens is 393 g/mol. The van der Waals surface area contributed by atoms with Crippen molar-refractivity contribution in [2.45, 2.75) is 12.6 Å². The zero-order chi connectivity index (χ0) is 20.1. The molecule has 0 saturated carbocycles. The summed E-state index contributed by atoms with van der Waals surface area (Å²) in [6, 6.07) is 6.45. The maximum atomic E-state index is 12.7. The molecule has 28 heavy (non-hydrogen) atoms. The highest BCUT2D eigenvalue weighted by Gasteiger charge is 2.32. The second-order valence-electron chi connectivity index (χ2n) is 6.48. The first-order valence-corrected chi connectivity index (χ1v) is 9.55. The summed E-state index contributed by atoms with van der Waals surface area (Å²) in [5, 5.41) is 4.35. The van der Waals surface area contributed by atoms with Crippen molar-refractivity contribution in [2.75, 3.05) is 38.0 Å². The number of carbonyl (C=O) groups excluding carboxylic acids is 2. The van der Waals surface area contributed by atoms with Crippen LogP contribution in [-0.4, -0.2) is 64.9 Å². The molecule has 0 unspecified atom stereocenters. The average molecular weight is 412 g/mol. The fourth-order valence-corrected chi connectivity index (χ4v) is 3.50. The second kappa shape index (κ2) is 8.70. The van der Waals surface area contributed by atoms with E-state index in [0.29, 0.717) is 36.3 Å². The summed E-state index contributed by atoms with van der Waals surface area (Å²) in [4.78, 5) is 27.6. The number of nitrogens with one attached hydrogen (secondary N) is 1.